The number of likely N-dealkylation sites (tertiary alicyclic amines) is 1. The largest absolute Gasteiger partial charge is 0.353 e. The summed E-state index contributed by atoms with van der Waals surface area (Å²) in [6.45, 7) is 7.10. The fraction of sp³-hybridized carbons (Fsp3) is 0.600. The van der Waals surface area contributed by atoms with E-state index in [1.807, 2.05) is 31.7 Å². The Hall–Kier alpha value is -1.91. The minimum absolute atomic E-state index is 0.0181. The fourth-order valence-corrected chi connectivity index (χ4v) is 3.16. The maximum absolute atomic E-state index is 13.6. The van der Waals surface area contributed by atoms with Crippen molar-refractivity contribution in [2.45, 2.75) is 52.5 Å². The summed E-state index contributed by atoms with van der Waals surface area (Å²) in [7, 11) is 0. The van der Waals surface area contributed by atoms with Gasteiger partial charge < -0.3 is 10.2 Å². The molecule has 1 aliphatic rings. The van der Waals surface area contributed by atoms with Crippen LogP contribution in [0.5, 0.6) is 0 Å². The molecule has 2 amide bonds. The highest BCUT2D eigenvalue weighted by molar-refractivity contribution is 5.79. The Morgan fingerprint density at radius 3 is 2.44 bits per heavy atom. The van der Waals surface area contributed by atoms with Crippen molar-refractivity contribution in [1.82, 2.24) is 10.2 Å². The lowest BCUT2D eigenvalue weighted by molar-refractivity contribution is -0.135. The van der Waals surface area contributed by atoms with Crippen molar-refractivity contribution in [3.05, 3.63) is 35.6 Å². The van der Waals surface area contributed by atoms with E-state index in [1.165, 1.54) is 6.07 Å². The summed E-state index contributed by atoms with van der Waals surface area (Å²) in [6, 6.07) is 6.83. The summed E-state index contributed by atoms with van der Waals surface area (Å²) in [5.74, 6) is -0.148. The van der Waals surface area contributed by atoms with Crippen molar-refractivity contribution in [1.29, 1.82) is 0 Å². The molecule has 1 fully saturated rings. The topological polar surface area (TPSA) is 49.4 Å². The maximum atomic E-state index is 13.6. The second kappa shape index (κ2) is 8.97. The molecule has 1 saturated heterocycles. The molecule has 0 saturated carbocycles. The molecule has 138 valence electrons. The third-order valence-corrected chi connectivity index (χ3v) is 4.90. The summed E-state index contributed by atoms with van der Waals surface area (Å²) in [6.07, 6.45) is 2.77. The van der Waals surface area contributed by atoms with Crippen LogP contribution in [0.25, 0.3) is 0 Å². The lowest BCUT2D eigenvalue weighted by atomic mass is 9.98. The van der Waals surface area contributed by atoms with Gasteiger partial charge >= 0.3 is 0 Å². The number of benzene rings is 1. The molecule has 1 aromatic rings. The molecule has 0 aliphatic carbocycles. The minimum Gasteiger partial charge on any atom is -0.353 e. The molecule has 25 heavy (non-hydrogen) atoms. The highest BCUT2D eigenvalue weighted by Gasteiger charge is 2.26. The van der Waals surface area contributed by atoms with Gasteiger partial charge in [0.25, 0.3) is 0 Å². The fourth-order valence-electron chi connectivity index (χ4n) is 3.16. The predicted molar refractivity (Wildman–Crippen MR) is 96.5 cm³/mol. The van der Waals surface area contributed by atoms with Crippen LogP contribution in [0, 0.1) is 17.7 Å². The lowest BCUT2D eigenvalue weighted by Gasteiger charge is -2.33. The summed E-state index contributed by atoms with van der Waals surface area (Å²) < 4.78 is 13.6. The normalized spacial score (nSPS) is 16.8. The molecule has 1 unspecified atom stereocenters. The van der Waals surface area contributed by atoms with Crippen LogP contribution in [0.1, 0.15) is 45.6 Å². The molecular weight excluding hydrogens is 319 g/mol. The third-order valence-electron chi connectivity index (χ3n) is 4.90. The van der Waals surface area contributed by atoms with Crippen LogP contribution in [0.15, 0.2) is 24.3 Å². The molecule has 0 aromatic heterocycles. The van der Waals surface area contributed by atoms with Crippen molar-refractivity contribution < 1.29 is 14.0 Å². The van der Waals surface area contributed by atoms with Crippen LogP contribution in [0.2, 0.25) is 0 Å². The van der Waals surface area contributed by atoms with Gasteiger partial charge in [0.2, 0.25) is 11.8 Å². The van der Waals surface area contributed by atoms with Gasteiger partial charge in [-0.1, -0.05) is 39.0 Å². The first-order valence-electron chi connectivity index (χ1n) is 9.21. The molecule has 2 rings (SSSR count). The smallest absolute Gasteiger partial charge is 0.225 e. The molecule has 0 spiro atoms. The van der Waals surface area contributed by atoms with Crippen LogP contribution < -0.4 is 5.32 Å². The number of halogens is 1. The van der Waals surface area contributed by atoms with Gasteiger partial charge in [0, 0.05) is 31.0 Å². The summed E-state index contributed by atoms with van der Waals surface area (Å²) in [5, 5.41) is 3.09. The van der Waals surface area contributed by atoms with Crippen LogP contribution >= 0.6 is 0 Å². The molecule has 5 heteroatoms. The monoisotopic (exact) mass is 348 g/mol. The SMILES string of the molecule is CC(C)C(=O)N1CCC(NC(=O)C(C)CCc2ccccc2F)CC1. The number of rotatable bonds is 6. The Labute approximate surface area is 149 Å². The number of carbonyl (C=O) groups is 2. The van der Waals surface area contributed by atoms with Crippen molar-refractivity contribution >= 4 is 11.8 Å². The maximum Gasteiger partial charge on any atom is 0.225 e. The first kappa shape index (κ1) is 19.4. The van der Waals surface area contributed by atoms with Gasteiger partial charge in [0.15, 0.2) is 0 Å². The second-order valence-electron chi connectivity index (χ2n) is 7.29. The molecule has 1 aromatic carbocycles. The Morgan fingerprint density at radius 2 is 1.84 bits per heavy atom. The zero-order chi connectivity index (χ0) is 18.4. The average molecular weight is 348 g/mol. The van der Waals surface area contributed by atoms with E-state index in [2.05, 4.69) is 5.32 Å². The van der Waals surface area contributed by atoms with Gasteiger partial charge in [0.05, 0.1) is 0 Å². The number of piperidine rings is 1. The number of hydrogen-bond donors (Lipinski definition) is 1. The summed E-state index contributed by atoms with van der Waals surface area (Å²) >= 11 is 0. The van der Waals surface area contributed by atoms with E-state index in [0.717, 1.165) is 12.8 Å². The van der Waals surface area contributed by atoms with Gasteiger partial charge in [-0.3, -0.25) is 9.59 Å². The Morgan fingerprint density at radius 1 is 1.20 bits per heavy atom. The molecule has 1 heterocycles. The molecule has 1 aliphatic heterocycles. The minimum atomic E-state index is -0.211. The van der Waals surface area contributed by atoms with Crippen LogP contribution in [0.4, 0.5) is 4.39 Å². The van der Waals surface area contributed by atoms with Crippen LogP contribution in [0.3, 0.4) is 0 Å². The lowest BCUT2D eigenvalue weighted by Crippen LogP contribution is -2.48. The average Bonchev–Trinajstić information content (AvgIpc) is 2.60. The van der Waals surface area contributed by atoms with Crippen molar-refractivity contribution in [2.24, 2.45) is 11.8 Å². The summed E-state index contributed by atoms with van der Waals surface area (Å²) in [4.78, 5) is 26.2. The van der Waals surface area contributed by atoms with E-state index in [1.54, 1.807) is 12.1 Å². The van der Waals surface area contributed by atoms with Crippen molar-refractivity contribution in [2.75, 3.05) is 13.1 Å². The first-order chi connectivity index (χ1) is 11.9. The molecular formula is C20H29FN2O2. The molecule has 0 bridgehead atoms. The number of carbonyl (C=O) groups excluding carboxylic acids is 2. The number of aryl methyl sites for hydroxylation is 1. The van der Waals surface area contributed by atoms with E-state index in [9.17, 15) is 14.0 Å². The Kier molecular flexibility index (Phi) is 6.97. The number of hydrogen-bond acceptors (Lipinski definition) is 2. The third kappa shape index (κ3) is 5.55. The summed E-state index contributed by atoms with van der Waals surface area (Å²) in [5.41, 5.74) is 0.655. The molecule has 0 radical (unpaired) electrons. The van der Waals surface area contributed by atoms with Crippen molar-refractivity contribution in [3.63, 3.8) is 0 Å². The van der Waals surface area contributed by atoms with Gasteiger partial charge in [-0.25, -0.2) is 4.39 Å². The highest BCUT2D eigenvalue weighted by atomic mass is 19.1. The van der Waals surface area contributed by atoms with E-state index in [0.29, 0.717) is 31.5 Å². The van der Waals surface area contributed by atoms with Crippen LogP contribution in [-0.2, 0) is 16.0 Å². The molecule has 4 nitrogen and oxygen atoms in total. The van der Waals surface area contributed by atoms with Crippen LogP contribution in [-0.4, -0.2) is 35.8 Å². The van der Waals surface area contributed by atoms with E-state index in [4.69, 9.17) is 0 Å². The zero-order valence-corrected chi connectivity index (χ0v) is 15.4. The van der Waals surface area contributed by atoms with E-state index >= 15 is 0 Å². The Bertz CT molecular complexity index is 595. The van der Waals surface area contributed by atoms with E-state index < -0.39 is 0 Å². The molecule has 1 N–H and O–H groups in total. The number of nitrogens with one attached hydrogen (secondary N) is 1. The zero-order valence-electron chi connectivity index (χ0n) is 15.4. The van der Waals surface area contributed by atoms with Gasteiger partial charge in [-0.15, -0.1) is 0 Å². The van der Waals surface area contributed by atoms with Gasteiger partial charge in [-0.2, -0.15) is 0 Å². The van der Waals surface area contributed by atoms with Gasteiger partial charge in [0.1, 0.15) is 5.82 Å². The molecule has 1 atom stereocenters. The number of nitrogens with zero attached hydrogens (tertiary/aromatic N) is 1. The predicted octanol–water partition coefficient (Wildman–Crippen LogP) is 3.16. The van der Waals surface area contributed by atoms with Gasteiger partial charge in [-0.05, 0) is 37.3 Å². The van der Waals surface area contributed by atoms with Crippen molar-refractivity contribution in [3.8, 4) is 0 Å². The van der Waals surface area contributed by atoms with E-state index in [-0.39, 0.29) is 35.5 Å². The Balaban J connectivity index is 1.75. The first-order valence-corrected chi connectivity index (χ1v) is 9.21. The second-order valence-corrected chi connectivity index (χ2v) is 7.29. The highest BCUT2D eigenvalue weighted by Crippen LogP contribution is 2.16. The quantitative estimate of drug-likeness (QED) is 0.858. The standard InChI is InChI=1S/C20H29FN2O2/c1-14(2)20(25)23-12-10-17(11-13-23)22-19(24)15(3)8-9-16-6-4-5-7-18(16)21/h4-7,14-15,17H,8-13H2,1-3H3,(H,22,24). The number of amides is 2.